The molecule has 2 unspecified atom stereocenters. The lowest BCUT2D eigenvalue weighted by Crippen LogP contribution is -2.26. The molecular formula is C31H52. The molecule has 0 N–H and O–H groups in total. The largest absolute Gasteiger partial charge is 0.103 e. The second-order valence-corrected chi connectivity index (χ2v) is 11.4. The first-order valence-electron chi connectivity index (χ1n) is 14.2. The van der Waals surface area contributed by atoms with Gasteiger partial charge in [0, 0.05) is 0 Å². The zero-order valence-electron chi connectivity index (χ0n) is 20.8. The Kier molecular flexibility index (Phi) is 11.0. The van der Waals surface area contributed by atoms with Gasteiger partial charge in [-0.2, -0.15) is 0 Å². The lowest BCUT2D eigenvalue weighted by molar-refractivity contribution is 0.215. The monoisotopic (exact) mass is 424 g/mol. The Hall–Kier alpha value is -0.780. The van der Waals surface area contributed by atoms with Crippen molar-refractivity contribution in [3.8, 4) is 0 Å². The number of unbranched alkanes of at least 4 members (excludes halogenated alkanes) is 2. The molecule has 0 saturated heterocycles. The van der Waals surface area contributed by atoms with Gasteiger partial charge < -0.3 is 0 Å². The Balaban J connectivity index is 1.40. The van der Waals surface area contributed by atoms with Gasteiger partial charge in [-0.15, -0.1) is 6.58 Å². The van der Waals surface area contributed by atoms with Crippen molar-refractivity contribution < 1.29 is 0 Å². The second-order valence-electron chi connectivity index (χ2n) is 11.4. The molecule has 0 amide bonds. The molecule has 31 heavy (non-hydrogen) atoms. The van der Waals surface area contributed by atoms with Crippen LogP contribution in [-0.4, -0.2) is 0 Å². The average Bonchev–Trinajstić information content (AvgIpc) is 2.82. The van der Waals surface area contributed by atoms with Crippen LogP contribution in [0, 0.1) is 35.5 Å². The summed E-state index contributed by atoms with van der Waals surface area (Å²) in [6.07, 6.45) is 32.7. The van der Waals surface area contributed by atoms with E-state index in [1.54, 1.807) is 5.57 Å². The van der Waals surface area contributed by atoms with Gasteiger partial charge in [0.25, 0.3) is 0 Å². The maximum Gasteiger partial charge on any atom is -0.0175 e. The van der Waals surface area contributed by atoms with Crippen molar-refractivity contribution in [1.29, 1.82) is 0 Å². The maximum absolute atomic E-state index is 4.74. The molecule has 176 valence electrons. The van der Waals surface area contributed by atoms with E-state index >= 15 is 0 Å². The number of allylic oxidation sites excluding steroid dienone is 4. The van der Waals surface area contributed by atoms with Crippen LogP contribution in [0.15, 0.2) is 37.0 Å². The van der Waals surface area contributed by atoms with Crippen molar-refractivity contribution in [3.63, 3.8) is 0 Å². The van der Waals surface area contributed by atoms with Crippen molar-refractivity contribution in [1.82, 2.24) is 0 Å². The fraction of sp³-hybridized carbons (Fsp3) is 0.806. The van der Waals surface area contributed by atoms with Crippen LogP contribution < -0.4 is 0 Å². The smallest absolute Gasteiger partial charge is 0.0175 e. The Morgan fingerprint density at radius 3 is 2.23 bits per heavy atom. The third-order valence-corrected chi connectivity index (χ3v) is 9.23. The van der Waals surface area contributed by atoms with Crippen LogP contribution in [0.1, 0.15) is 122 Å². The van der Waals surface area contributed by atoms with Gasteiger partial charge in [0.1, 0.15) is 0 Å². The zero-order valence-corrected chi connectivity index (χ0v) is 20.8. The summed E-state index contributed by atoms with van der Waals surface area (Å²) in [7, 11) is 0. The summed E-state index contributed by atoms with van der Waals surface area (Å²) in [5, 5.41) is 0. The molecule has 3 fully saturated rings. The highest BCUT2D eigenvalue weighted by molar-refractivity contribution is 5.10. The van der Waals surface area contributed by atoms with Gasteiger partial charge in [-0.3, -0.25) is 0 Å². The standard InChI is InChI=1S/C31H52/c1-4-6-7-12-28-21-23-29(24-22-28)25(3)31-16-11-10-15-30(31)14-9-8-13-27-19-17-26(5-2)18-20-27/h5,8,13,26-31H,2-4,6-7,9-12,14-24H2,1H3/b13-8+. The minimum Gasteiger partial charge on any atom is -0.103 e. The van der Waals surface area contributed by atoms with Crippen LogP contribution in [0.4, 0.5) is 0 Å². The molecule has 0 radical (unpaired) electrons. The van der Waals surface area contributed by atoms with Crippen molar-refractivity contribution in [3.05, 3.63) is 37.0 Å². The minimum absolute atomic E-state index is 0.782. The average molecular weight is 425 g/mol. The summed E-state index contributed by atoms with van der Waals surface area (Å²) < 4.78 is 0. The van der Waals surface area contributed by atoms with Gasteiger partial charge in [0.2, 0.25) is 0 Å². The highest BCUT2D eigenvalue weighted by atomic mass is 14.4. The van der Waals surface area contributed by atoms with Crippen LogP contribution in [0.3, 0.4) is 0 Å². The molecule has 0 aromatic rings. The number of rotatable bonds is 11. The molecular weight excluding hydrogens is 372 g/mol. The van der Waals surface area contributed by atoms with Crippen molar-refractivity contribution in [2.75, 3.05) is 0 Å². The summed E-state index contributed by atoms with van der Waals surface area (Å²) in [5.74, 6) is 5.20. The highest BCUT2D eigenvalue weighted by Crippen LogP contribution is 2.44. The molecule has 3 aliphatic rings. The zero-order chi connectivity index (χ0) is 21.9. The van der Waals surface area contributed by atoms with Crippen molar-refractivity contribution in [2.24, 2.45) is 35.5 Å². The van der Waals surface area contributed by atoms with E-state index in [-0.39, 0.29) is 0 Å². The molecule has 0 aromatic heterocycles. The van der Waals surface area contributed by atoms with E-state index in [0.29, 0.717) is 0 Å². The van der Waals surface area contributed by atoms with E-state index in [0.717, 1.165) is 35.5 Å². The fourth-order valence-electron chi connectivity index (χ4n) is 7.02. The molecule has 3 rings (SSSR count). The summed E-state index contributed by atoms with van der Waals surface area (Å²) in [6, 6.07) is 0. The van der Waals surface area contributed by atoms with Crippen LogP contribution in [0.25, 0.3) is 0 Å². The Labute approximate surface area is 195 Å². The maximum atomic E-state index is 4.74. The van der Waals surface area contributed by atoms with Crippen LogP contribution in [0.2, 0.25) is 0 Å². The SMILES string of the molecule is C=CC1CCC(/C=C/CCC2CCCCC2C(=C)C2CCC(CCCCC)CC2)CC1. The predicted molar refractivity (Wildman–Crippen MR) is 138 cm³/mol. The van der Waals surface area contributed by atoms with Crippen molar-refractivity contribution in [2.45, 2.75) is 122 Å². The Bertz CT molecular complexity index is 538. The first kappa shape index (κ1) is 24.9. The van der Waals surface area contributed by atoms with Crippen molar-refractivity contribution >= 4 is 0 Å². The molecule has 3 aliphatic carbocycles. The highest BCUT2D eigenvalue weighted by Gasteiger charge is 2.32. The fourth-order valence-corrected chi connectivity index (χ4v) is 7.02. The van der Waals surface area contributed by atoms with E-state index in [2.05, 4.69) is 31.7 Å². The van der Waals surface area contributed by atoms with Gasteiger partial charge in [-0.1, -0.05) is 75.8 Å². The molecule has 0 aliphatic heterocycles. The number of hydrogen-bond acceptors (Lipinski definition) is 0. The molecule has 2 atom stereocenters. The Morgan fingerprint density at radius 1 is 0.806 bits per heavy atom. The molecule has 0 bridgehead atoms. The first-order valence-corrected chi connectivity index (χ1v) is 14.2. The quantitative estimate of drug-likeness (QED) is 0.228. The van der Waals surface area contributed by atoms with Gasteiger partial charge in [-0.25, -0.2) is 0 Å². The lowest BCUT2D eigenvalue weighted by atomic mass is 9.67. The summed E-state index contributed by atoms with van der Waals surface area (Å²) in [4.78, 5) is 0. The molecule has 0 heterocycles. The van der Waals surface area contributed by atoms with Gasteiger partial charge in [0.15, 0.2) is 0 Å². The van der Waals surface area contributed by atoms with Gasteiger partial charge in [-0.05, 0) is 113 Å². The summed E-state index contributed by atoms with van der Waals surface area (Å²) in [6.45, 7) is 11.1. The summed E-state index contributed by atoms with van der Waals surface area (Å²) >= 11 is 0. The van der Waals surface area contributed by atoms with Crippen LogP contribution in [-0.2, 0) is 0 Å². The van der Waals surface area contributed by atoms with E-state index in [4.69, 9.17) is 6.58 Å². The molecule has 0 spiro atoms. The molecule has 0 aromatic carbocycles. The Morgan fingerprint density at radius 2 is 1.52 bits per heavy atom. The van der Waals surface area contributed by atoms with E-state index in [1.165, 1.54) is 116 Å². The van der Waals surface area contributed by atoms with Crippen LogP contribution in [0.5, 0.6) is 0 Å². The van der Waals surface area contributed by atoms with E-state index < -0.39 is 0 Å². The van der Waals surface area contributed by atoms with Gasteiger partial charge >= 0.3 is 0 Å². The van der Waals surface area contributed by atoms with E-state index in [9.17, 15) is 0 Å². The van der Waals surface area contributed by atoms with Gasteiger partial charge in [0.05, 0.1) is 0 Å². The first-order chi connectivity index (χ1) is 15.2. The normalized spacial score (nSPS) is 34.6. The lowest BCUT2D eigenvalue weighted by Gasteiger charge is -2.38. The predicted octanol–water partition coefficient (Wildman–Crippen LogP) is 10.1. The third kappa shape index (κ3) is 7.94. The molecule has 0 heteroatoms. The van der Waals surface area contributed by atoms with Crippen LogP contribution >= 0.6 is 0 Å². The molecule has 3 saturated carbocycles. The minimum atomic E-state index is 0.782. The summed E-state index contributed by atoms with van der Waals surface area (Å²) in [5.41, 5.74) is 1.67. The second kappa shape index (κ2) is 13.7. The topological polar surface area (TPSA) is 0 Å². The van der Waals surface area contributed by atoms with E-state index in [1.807, 2.05) is 0 Å². The molecule has 0 nitrogen and oxygen atoms in total. The number of hydrogen-bond donors (Lipinski definition) is 0. The third-order valence-electron chi connectivity index (χ3n) is 9.23.